The summed E-state index contributed by atoms with van der Waals surface area (Å²) in [5.41, 5.74) is 2.36. The minimum absolute atomic E-state index is 0.0174. The Morgan fingerprint density at radius 2 is 1.82 bits per heavy atom. The second-order valence-corrected chi connectivity index (χ2v) is 5.42. The molecule has 0 saturated heterocycles. The van der Waals surface area contributed by atoms with E-state index in [1.165, 1.54) is 5.56 Å². The van der Waals surface area contributed by atoms with Crippen LogP contribution >= 0.6 is 0 Å². The highest BCUT2D eigenvalue weighted by molar-refractivity contribution is 5.84. The summed E-state index contributed by atoms with van der Waals surface area (Å²) in [6.45, 7) is 6.28. The van der Waals surface area contributed by atoms with Crippen LogP contribution in [0.25, 0.3) is 0 Å². The maximum Gasteiger partial charge on any atom is 0.228 e. The van der Waals surface area contributed by atoms with Crippen molar-refractivity contribution in [1.82, 2.24) is 5.32 Å². The molecular weight excluding hydrogens is 210 g/mol. The van der Waals surface area contributed by atoms with Crippen LogP contribution in [-0.2, 0) is 4.79 Å². The average Bonchev–Trinajstić information content (AvgIpc) is 3.04. The number of carbonyl (C=O) groups is 1. The van der Waals surface area contributed by atoms with E-state index in [9.17, 15) is 4.79 Å². The molecule has 1 amide bonds. The number of aryl methyl sites for hydroxylation is 1. The minimum Gasteiger partial charge on any atom is -0.353 e. The van der Waals surface area contributed by atoms with Crippen LogP contribution in [0, 0.1) is 12.8 Å². The van der Waals surface area contributed by atoms with Crippen molar-refractivity contribution in [1.29, 1.82) is 0 Å². The molecule has 1 atom stereocenters. The van der Waals surface area contributed by atoms with Gasteiger partial charge in [0.1, 0.15) is 0 Å². The fourth-order valence-electron chi connectivity index (χ4n) is 2.13. The molecule has 1 N–H and O–H groups in total. The molecule has 17 heavy (non-hydrogen) atoms. The number of amides is 1. The second kappa shape index (κ2) is 4.91. The first-order valence-corrected chi connectivity index (χ1v) is 6.45. The predicted octanol–water partition coefficient (Wildman–Crippen LogP) is 3.01. The van der Waals surface area contributed by atoms with Crippen LogP contribution < -0.4 is 5.32 Å². The first-order valence-electron chi connectivity index (χ1n) is 6.45. The lowest BCUT2D eigenvalue weighted by atomic mass is 9.87. The Labute approximate surface area is 103 Å². The summed E-state index contributed by atoms with van der Waals surface area (Å²) in [4.78, 5) is 12.2. The molecule has 2 heteroatoms. The predicted molar refractivity (Wildman–Crippen MR) is 69.9 cm³/mol. The summed E-state index contributed by atoms with van der Waals surface area (Å²) in [6, 6.07) is 8.75. The van der Waals surface area contributed by atoms with E-state index in [-0.39, 0.29) is 11.8 Å². The first-order chi connectivity index (χ1) is 8.08. The monoisotopic (exact) mass is 231 g/mol. The summed E-state index contributed by atoms with van der Waals surface area (Å²) in [6.07, 6.45) is 2.29. The van der Waals surface area contributed by atoms with E-state index in [2.05, 4.69) is 50.4 Å². The van der Waals surface area contributed by atoms with Crippen LogP contribution in [0.1, 0.15) is 43.7 Å². The van der Waals surface area contributed by atoms with E-state index in [0.29, 0.717) is 12.0 Å². The third kappa shape index (κ3) is 3.09. The highest BCUT2D eigenvalue weighted by Gasteiger charge is 2.29. The number of hydrogen-bond acceptors (Lipinski definition) is 1. The van der Waals surface area contributed by atoms with E-state index in [0.717, 1.165) is 18.4 Å². The van der Waals surface area contributed by atoms with Crippen LogP contribution in [0.5, 0.6) is 0 Å². The Balaban J connectivity index is 2.15. The van der Waals surface area contributed by atoms with E-state index >= 15 is 0 Å². The number of nitrogens with one attached hydrogen (secondary N) is 1. The third-order valence-electron chi connectivity index (χ3n) is 3.31. The molecule has 0 spiro atoms. The van der Waals surface area contributed by atoms with Crippen LogP contribution in [-0.4, -0.2) is 11.9 Å². The highest BCUT2D eigenvalue weighted by atomic mass is 16.2. The number of hydrogen-bond donors (Lipinski definition) is 1. The zero-order valence-corrected chi connectivity index (χ0v) is 10.9. The fourth-order valence-corrected chi connectivity index (χ4v) is 2.13. The molecule has 0 radical (unpaired) electrons. The Kier molecular flexibility index (Phi) is 3.51. The van der Waals surface area contributed by atoms with Crippen LogP contribution in [0.2, 0.25) is 0 Å². The first kappa shape index (κ1) is 12.2. The second-order valence-electron chi connectivity index (χ2n) is 5.42. The van der Waals surface area contributed by atoms with Gasteiger partial charge in [-0.15, -0.1) is 0 Å². The van der Waals surface area contributed by atoms with Crippen molar-refractivity contribution in [3.63, 3.8) is 0 Å². The molecule has 1 aromatic rings. The largest absolute Gasteiger partial charge is 0.353 e. The smallest absolute Gasteiger partial charge is 0.228 e. The molecule has 1 aromatic carbocycles. The summed E-state index contributed by atoms with van der Waals surface area (Å²) in [5.74, 6) is 0.499. The maximum atomic E-state index is 12.2. The van der Waals surface area contributed by atoms with Gasteiger partial charge < -0.3 is 5.32 Å². The zero-order chi connectivity index (χ0) is 12.4. The Morgan fingerprint density at radius 1 is 1.24 bits per heavy atom. The molecule has 0 aliphatic heterocycles. The van der Waals surface area contributed by atoms with Crippen molar-refractivity contribution in [2.45, 2.75) is 45.6 Å². The van der Waals surface area contributed by atoms with Crippen molar-refractivity contribution < 1.29 is 4.79 Å². The molecule has 1 aliphatic rings. The lowest BCUT2D eigenvalue weighted by molar-refractivity contribution is -0.123. The molecule has 1 saturated carbocycles. The lowest BCUT2D eigenvalue weighted by Crippen LogP contribution is -2.33. The normalized spacial score (nSPS) is 16.9. The molecule has 92 valence electrons. The summed E-state index contributed by atoms with van der Waals surface area (Å²) in [7, 11) is 0. The lowest BCUT2D eigenvalue weighted by Gasteiger charge is -2.20. The topological polar surface area (TPSA) is 29.1 Å². The number of carbonyl (C=O) groups excluding carboxylic acids is 1. The average molecular weight is 231 g/mol. The number of benzene rings is 1. The molecule has 2 nitrogen and oxygen atoms in total. The van der Waals surface area contributed by atoms with Gasteiger partial charge in [-0.25, -0.2) is 0 Å². The van der Waals surface area contributed by atoms with E-state index in [1.807, 2.05) is 0 Å². The fraction of sp³-hybridized carbons (Fsp3) is 0.533. The van der Waals surface area contributed by atoms with Gasteiger partial charge in [0, 0.05) is 6.04 Å². The van der Waals surface area contributed by atoms with Gasteiger partial charge in [0.2, 0.25) is 5.91 Å². The van der Waals surface area contributed by atoms with E-state index in [4.69, 9.17) is 0 Å². The van der Waals surface area contributed by atoms with Gasteiger partial charge in [-0.1, -0.05) is 43.7 Å². The van der Waals surface area contributed by atoms with Crippen molar-refractivity contribution in [3.8, 4) is 0 Å². The molecule has 1 fully saturated rings. The Hall–Kier alpha value is -1.31. The molecule has 1 unspecified atom stereocenters. The van der Waals surface area contributed by atoms with Crippen LogP contribution in [0.4, 0.5) is 0 Å². The maximum absolute atomic E-state index is 12.2. The van der Waals surface area contributed by atoms with Gasteiger partial charge >= 0.3 is 0 Å². The van der Waals surface area contributed by atoms with E-state index < -0.39 is 0 Å². The SMILES string of the molecule is Cc1ccc(C(C(=O)NC2CC2)C(C)C)cc1. The summed E-state index contributed by atoms with van der Waals surface area (Å²) in [5, 5.41) is 3.11. The molecule has 1 aliphatic carbocycles. The summed E-state index contributed by atoms with van der Waals surface area (Å²) >= 11 is 0. The van der Waals surface area contributed by atoms with Crippen molar-refractivity contribution in [2.75, 3.05) is 0 Å². The van der Waals surface area contributed by atoms with Gasteiger partial charge in [0.25, 0.3) is 0 Å². The van der Waals surface area contributed by atoms with Gasteiger partial charge in [-0.3, -0.25) is 4.79 Å². The minimum atomic E-state index is -0.0174. The van der Waals surface area contributed by atoms with Crippen LogP contribution in [0.15, 0.2) is 24.3 Å². The van der Waals surface area contributed by atoms with Crippen LogP contribution in [0.3, 0.4) is 0 Å². The van der Waals surface area contributed by atoms with Crippen molar-refractivity contribution in [3.05, 3.63) is 35.4 Å². The van der Waals surface area contributed by atoms with E-state index in [1.54, 1.807) is 0 Å². The molecule has 0 bridgehead atoms. The standard InChI is InChI=1S/C15H21NO/c1-10(2)14(15(17)16-13-8-9-13)12-6-4-11(3)5-7-12/h4-7,10,13-14H,8-9H2,1-3H3,(H,16,17). The number of rotatable bonds is 4. The Morgan fingerprint density at radius 3 is 2.29 bits per heavy atom. The van der Waals surface area contributed by atoms with Gasteiger partial charge in [-0.05, 0) is 31.2 Å². The van der Waals surface area contributed by atoms with Gasteiger partial charge in [0.05, 0.1) is 5.92 Å². The van der Waals surface area contributed by atoms with Gasteiger partial charge in [-0.2, -0.15) is 0 Å². The Bertz CT molecular complexity index is 390. The summed E-state index contributed by atoms with van der Waals surface area (Å²) < 4.78 is 0. The molecule has 0 aromatic heterocycles. The van der Waals surface area contributed by atoms with Crippen molar-refractivity contribution >= 4 is 5.91 Å². The zero-order valence-electron chi connectivity index (χ0n) is 10.9. The molecule has 2 rings (SSSR count). The molecular formula is C15H21NO. The van der Waals surface area contributed by atoms with Gasteiger partial charge in [0.15, 0.2) is 0 Å². The molecule has 0 heterocycles. The van der Waals surface area contributed by atoms with Crippen molar-refractivity contribution in [2.24, 2.45) is 5.92 Å². The quantitative estimate of drug-likeness (QED) is 0.848. The third-order valence-corrected chi connectivity index (χ3v) is 3.31. The highest BCUT2D eigenvalue weighted by Crippen LogP contribution is 2.27.